The number of rotatable bonds is 4. The van der Waals surface area contributed by atoms with Crippen LogP contribution in [0.1, 0.15) is 24.4 Å². The van der Waals surface area contributed by atoms with Crippen molar-refractivity contribution in [3.8, 4) is 5.75 Å². The molecule has 1 heterocycles. The van der Waals surface area contributed by atoms with Crippen LogP contribution in [0, 0.1) is 5.92 Å². The van der Waals surface area contributed by atoms with Crippen molar-refractivity contribution >= 4 is 0 Å². The van der Waals surface area contributed by atoms with Gasteiger partial charge in [-0.25, -0.2) is 0 Å². The molecule has 1 aliphatic rings. The second kappa shape index (κ2) is 6.03. The van der Waals surface area contributed by atoms with Gasteiger partial charge in [0, 0.05) is 19.8 Å². The molecule has 1 N–H and O–H groups in total. The third-order valence-corrected chi connectivity index (χ3v) is 3.41. The van der Waals surface area contributed by atoms with Gasteiger partial charge in [0.15, 0.2) is 0 Å². The molecule has 1 fully saturated rings. The Balaban J connectivity index is 2.05. The van der Waals surface area contributed by atoms with E-state index in [-0.39, 0.29) is 0 Å². The summed E-state index contributed by atoms with van der Waals surface area (Å²) in [5.74, 6) is 1.59. The molecule has 3 nitrogen and oxygen atoms in total. The summed E-state index contributed by atoms with van der Waals surface area (Å²) in [5, 5.41) is 3.56. The van der Waals surface area contributed by atoms with Crippen LogP contribution in [0.2, 0.25) is 0 Å². The summed E-state index contributed by atoms with van der Waals surface area (Å²) >= 11 is 0. The molecule has 1 saturated heterocycles. The van der Waals surface area contributed by atoms with Crippen molar-refractivity contribution in [2.45, 2.75) is 18.9 Å². The number of ether oxygens (including phenoxy) is 2. The lowest BCUT2D eigenvalue weighted by atomic mass is 9.89. The van der Waals surface area contributed by atoms with E-state index in [0.29, 0.717) is 12.0 Å². The van der Waals surface area contributed by atoms with Crippen molar-refractivity contribution in [1.29, 1.82) is 0 Å². The van der Waals surface area contributed by atoms with E-state index in [2.05, 4.69) is 23.5 Å². The van der Waals surface area contributed by atoms with E-state index >= 15 is 0 Å². The average Bonchev–Trinajstić information content (AvgIpc) is 2.40. The molecule has 1 aliphatic heterocycles. The lowest BCUT2D eigenvalue weighted by Gasteiger charge is -2.30. The highest BCUT2D eigenvalue weighted by Crippen LogP contribution is 2.29. The van der Waals surface area contributed by atoms with Gasteiger partial charge in [-0.05, 0) is 43.0 Å². The maximum absolute atomic E-state index is 5.27. The fourth-order valence-electron chi connectivity index (χ4n) is 2.50. The van der Waals surface area contributed by atoms with Crippen LogP contribution in [0.15, 0.2) is 24.3 Å². The van der Waals surface area contributed by atoms with Crippen LogP contribution < -0.4 is 10.1 Å². The molecule has 0 radical (unpaired) electrons. The molecule has 1 aromatic rings. The van der Waals surface area contributed by atoms with Crippen molar-refractivity contribution < 1.29 is 9.47 Å². The van der Waals surface area contributed by atoms with E-state index in [4.69, 9.17) is 9.47 Å². The predicted molar refractivity (Wildman–Crippen MR) is 68.3 cm³/mol. The summed E-state index contributed by atoms with van der Waals surface area (Å²) in [4.78, 5) is 0. The lowest BCUT2D eigenvalue weighted by Crippen LogP contribution is -2.33. The van der Waals surface area contributed by atoms with E-state index in [1.807, 2.05) is 6.07 Å². The topological polar surface area (TPSA) is 30.5 Å². The molecule has 2 atom stereocenters. The van der Waals surface area contributed by atoms with E-state index in [1.165, 1.54) is 12.0 Å². The van der Waals surface area contributed by atoms with Crippen LogP contribution in [0.4, 0.5) is 0 Å². The van der Waals surface area contributed by atoms with Crippen LogP contribution in [-0.4, -0.2) is 27.4 Å². The number of benzene rings is 1. The molecule has 0 aliphatic carbocycles. The SMILES string of the molecule is COCC1CCNC(c2cccc(OC)c2)C1. The first-order valence-electron chi connectivity index (χ1n) is 6.19. The van der Waals surface area contributed by atoms with Crippen LogP contribution >= 0.6 is 0 Å². The molecule has 2 rings (SSSR count). The molecule has 0 bridgehead atoms. The number of hydrogen-bond acceptors (Lipinski definition) is 3. The van der Waals surface area contributed by atoms with Crippen LogP contribution in [-0.2, 0) is 4.74 Å². The van der Waals surface area contributed by atoms with E-state index in [0.717, 1.165) is 25.3 Å². The highest BCUT2D eigenvalue weighted by molar-refractivity contribution is 5.30. The molecule has 3 heteroatoms. The molecule has 0 spiro atoms. The van der Waals surface area contributed by atoms with E-state index in [9.17, 15) is 0 Å². The first-order chi connectivity index (χ1) is 8.33. The molecular weight excluding hydrogens is 214 g/mol. The van der Waals surface area contributed by atoms with Gasteiger partial charge >= 0.3 is 0 Å². The minimum Gasteiger partial charge on any atom is -0.497 e. The van der Waals surface area contributed by atoms with Crippen LogP contribution in [0.3, 0.4) is 0 Å². The van der Waals surface area contributed by atoms with Crippen molar-refractivity contribution in [2.24, 2.45) is 5.92 Å². The zero-order valence-corrected chi connectivity index (χ0v) is 10.6. The smallest absolute Gasteiger partial charge is 0.119 e. The van der Waals surface area contributed by atoms with Gasteiger partial charge in [0.25, 0.3) is 0 Å². The summed E-state index contributed by atoms with van der Waals surface area (Å²) in [7, 11) is 3.49. The maximum Gasteiger partial charge on any atom is 0.119 e. The Bertz CT molecular complexity index is 352. The van der Waals surface area contributed by atoms with E-state index in [1.54, 1.807) is 14.2 Å². The quantitative estimate of drug-likeness (QED) is 0.869. The monoisotopic (exact) mass is 235 g/mol. The minimum atomic E-state index is 0.430. The molecule has 17 heavy (non-hydrogen) atoms. The lowest BCUT2D eigenvalue weighted by molar-refractivity contribution is 0.124. The van der Waals surface area contributed by atoms with Gasteiger partial charge in [-0.15, -0.1) is 0 Å². The first kappa shape index (κ1) is 12.4. The maximum atomic E-state index is 5.27. The van der Waals surface area contributed by atoms with Gasteiger partial charge in [0.2, 0.25) is 0 Å². The van der Waals surface area contributed by atoms with Crippen molar-refractivity contribution in [2.75, 3.05) is 27.4 Å². The molecule has 2 unspecified atom stereocenters. The number of hydrogen-bond donors (Lipinski definition) is 1. The Morgan fingerprint density at radius 3 is 3.00 bits per heavy atom. The van der Waals surface area contributed by atoms with Gasteiger partial charge < -0.3 is 14.8 Å². The molecular formula is C14H21NO2. The predicted octanol–water partition coefficient (Wildman–Crippen LogP) is 2.38. The number of piperidine rings is 1. The second-order valence-electron chi connectivity index (χ2n) is 4.63. The zero-order valence-electron chi connectivity index (χ0n) is 10.6. The Kier molecular flexibility index (Phi) is 4.40. The van der Waals surface area contributed by atoms with Gasteiger partial charge in [-0.1, -0.05) is 12.1 Å². The molecule has 1 aromatic carbocycles. The summed E-state index contributed by atoms with van der Waals surface area (Å²) in [6.45, 7) is 1.93. The Labute approximate surface area is 103 Å². The highest BCUT2D eigenvalue weighted by atomic mass is 16.5. The zero-order chi connectivity index (χ0) is 12.1. The summed E-state index contributed by atoms with van der Waals surface area (Å²) < 4.78 is 10.5. The van der Waals surface area contributed by atoms with Gasteiger partial charge in [-0.3, -0.25) is 0 Å². The fraction of sp³-hybridized carbons (Fsp3) is 0.571. The van der Waals surface area contributed by atoms with Crippen LogP contribution in [0.25, 0.3) is 0 Å². The second-order valence-corrected chi connectivity index (χ2v) is 4.63. The molecule has 0 aromatic heterocycles. The van der Waals surface area contributed by atoms with Gasteiger partial charge in [0.1, 0.15) is 5.75 Å². The minimum absolute atomic E-state index is 0.430. The molecule has 94 valence electrons. The van der Waals surface area contributed by atoms with Crippen molar-refractivity contribution in [1.82, 2.24) is 5.32 Å². The first-order valence-corrected chi connectivity index (χ1v) is 6.19. The normalized spacial score (nSPS) is 24.6. The standard InChI is InChI=1S/C14H21NO2/c1-16-10-11-6-7-15-14(8-11)12-4-3-5-13(9-12)17-2/h3-5,9,11,14-15H,6-8,10H2,1-2H3. The largest absolute Gasteiger partial charge is 0.497 e. The average molecular weight is 235 g/mol. The fourth-order valence-corrected chi connectivity index (χ4v) is 2.50. The van der Waals surface area contributed by atoms with Gasteiger partial charge in [-0.2, -0.15) is 0 Å². The van der Waals surface area contributed by atoms with Crippen molar-refractivity contribution in [3.05, 3.63) is 29.8 Å². The number of nitrogens with one attached hydrogen (secondary N) is 1. The Hall–Kier alpha value is -1.06. The Morgan fingerprint density at radius 2 is 2.24 bits per heavy atom. The third kappa shape index (κ3) is 3.20. The molecule has 0 saturated carbocycles. The van der Waals surface area contributed by atoms with E-state index < -0.39 is 0 Å². The Morgan fingerprint density at radius 1 is 1.35 bits per heavy atom. The van der Waals surface area contributed by atoms with Gasteiger partial charge in [0.05, 0.1) is 7.11 Å². The number of methoxy groups -OCH3 is 2. The van der Waals surface area contributed by atoms with Crippen LogP contribution in [0.5, 0.6) is 5.75 Å². The summed E-state index contributed by atoms with van der Waals surface area (Å²) in [6.07, 6.45) is 2.34. The molecule has 0 amide bonds. The highest BCUT2D eigenvalue weighted by Gasteiger charge is 2.22. The van der Waals surface area contributed by atoms with Crippen molar-refractivity contribution in [3.63, 3.8) is 0 Å². The third-order valence-electron chi connectivity index (χ3n) is 3.41. The summed E-state index contributed by atoms with van der Waals surface area (Å²) in [6, 6.07) is 8.75. The summed E-state index contributed by atoms with van der Waals surface area (Å²) in [5.41, 5.74) is 1.31.